The van der Waals surface area contributed by atoms with Crippen molar-refractivity contribution >= 4 is 39.1 Å². The Morgan fingerprint density at radius 1 is 0.688 bits per heavy atom. The van der Waals surface area contributed by atoms with Crippen LogP contribution in [0.15, 0.2) is 97.1 Å². The highest BCUT2D eigenvalue weighted by Crippen LogP contribution is 2.49. The molecule has 0 aliphatic carbocycles. The average Bonchev–Trinajstić information content (AvgIpc) is 3.01. The minimum Gasteiger partial charge on any atom is -0.350 e. The number of rotatable bonds is 2. The van der Waals surface area contributed by atoms with Crippen molar-refractivity contribution in [1.29, 1.82) is 0 Å². The smallest absolute Gasteiger partial charge is 0.239 e. The zero-order valence-corrected chi connectivity index (χ0v) is 18.5. The monoisotopic (exact) mass is 417 g/mol. The molecule has 0 unspecified atom stereocenters. The number of anilines is 3. The van der Waals surface area contributed by atoms with Gasteiger partial charge in [0.25, 0.3) is 0 Å². The third-order valence-corrected chi connectivity index (χ3v) is 6.68. The molecule has 2 heterocycles. The number of aromatic nitrogens is 2. The molecule has 5 aromatic rings. The maximum atomic E-state index is 5.08. The van der Waals surface area contributed by atoms with Crippen LogP contribution in [0.3, 0.4) is 0 Å². The van der Waals surface area contributed by atoms with Crippen LogP contribution in [-0.4, -0.2) is 17.7 Å². The number of para-hydroxylation sites is 4. The summed E-state index contributed by atoms with van der Waals surface area (Å²) in [4.78, 5) is 9.84. The van der Waals surface area contributed by atoms with Crippen LogP contribution < -0.4 is 14.4 Å². The molecule has 0 amide bonds. The molecule has 1 aliphatic rings. The van der Waals surface area contributed by atoms with E-state index < -0.39 is 0 Å². The van der Waals surface area contributed by atoms with Crippen LogP contribution in [0.1, 0.15) is 13.8 Å². The molecule has 0 atom stereocenters. The van der Waals surface area contributed by atoms with E-state index >= 15 is 0 Å². The van der Waals surface area contributed by atoms with Gasteiger partial charge in [-0.15, -0.1) is 4.57 Å². The van der Waals surface area contributed by atoms with Crippen molar-refractivity contribution < 1.29 is 4.57 Å². The van der Waals surface area contributed by atoms with E-state index in [4.69, 9.17) is 4.98 Å². The molecule has 4 heteroatoms. The molecule has 4 aromatic carbocycles. The van der Waals surface area contributed by atoms with E-state index in [2.05, 4.69) is 132 Å². The highest BCUT2D eigenvalue weighted by Gasteiger charge is 2.42. The van der Waals surface area contributed by atoms with Crippen molar-refractivity contribution in [2.24, 2.45) is 0 Å². The van der Waals surface area contributed by atoms with Crippen LogP contribution in [0, 0.1) is 0 Å². The van der Waals surface area contributed by atoms with Crippen molar-refractivity contribution in [3.63, 3.8) is 0 Å². The SMILES string of the molecule is CN1c2cc3c(cc2N(c2ccccc2)C1(C)C)nc1ccccc1[n+]3-c1ccccc1. The Labute approximate surface area is 188 Å². The number of benzene rings is 4. The zero-order valence-electron chi connectivity index (χ0n) is 18.5. The maximum Gasteiger partial charge on any atom is 0.239 e. The van der Waals surface area contributed by atoms with Crippen LogP contribution >= 0.6 is 0 Å². The minimum atomic E-state index is -0.210. The predicted molar refractivity (Wildman–Crippen MR) is 132 cm³/mol. The Balaban J connectivity index is 1.71. The van der Waals surface area contributed by atoms with Gasteiger partial charge in [-0.2, -0.15) is 0 Å². The Kier molecular flexibility index (Phi) is 3.99. The average molecular weight is 418 g/mol. The lowest BCUT2D eigenvalue weighted by atomic mass is 10.1. The van der Waals surface area contributed by atoms with E-state index in [0.717, 1.165) is 27.8 Å². The van der Waals surface area contributed by atoms with Crippen LogP contribution in [0.25, 0.3) is 27.8 Å². The quantitative estimate of drug-likeness (QED) is 0.260. The standard InChI is InChI=1S/C28H25N4/c1-28(2)30(3)26-19-25-23(18-27(26)32(28)21-14-8-5-9-15-21)29-22-16-10-11-17-24(22)31(25)20-12-6-4-7-13-20/h4-19H,1-3H3/q+1. The first kappa shape index (κ1) is 18.8. The summed E-state index contributed by atoms with van der Waals surface area (Å²) in [6.07, 6.45) is 0. The summed E-state index contributed by atoms with van der Waals surface area (Å²) in [6.45, 7) is 4.53. The van der Waals surface area contributed by atoms with Gasteiger partial charge in [0.2, 0.25) is 16.7 Å². The summed E-state index contributed by atoms with van der Waals surface area (Å²) >= 11 is 0. The molecule has 0 spiro atoms. The topological polar surface area (TPSA) is 23.2 Å². The van der Waals surface area contributed by atoms with E-state index in [1.165, 1.54) is 17.1 Å². The fraction of sp³-hybridized carbons (Fsp3) is 0.143. The summed E-state index contributed by atoms with van der Waals surface area (Å²) in [7, 11) is 2.18. The summed E-state index contributed by atoms with van der Waals surface area (Å²) in [5.41, 5.74) is 8.66. The third kappa shape index (κ3) is 2.62. The normalized spacial score (nSPS) is 14.8. The van der Waals surface area contributed by atoms with Crippen LogP contribution in [0.5, 0.6) is 0 Å². The van der Waals surface area contributed by atoms with Crippen molar-refractivity contribution in [2.45, 2.75) is 19.5 Å². The van der Waals surface area contributed by atoms with Gasteiger partial charge in [-0.05, 0) is 38.1 Å². The fourth-order valence-corrected chi connectivity index (χ4v) is 4.91. The fourth-order valence-electron chi connectivity index (χ4n) is 4.91. The third-order valence-electron chi connectivity index (χ3n) is 6.68. The second-order valence-corrected chi connectivity index (χ2v) is 8.83. The first-order valence-electron chi connectivity index (χ1n) is 11.0. The first-order valence-corrected chi connectivity index (χ1v) is 11.0. The number of hydrogen-bond donors (Lipinski definition) is 0. The molecule has 156 valence electrons. The van der Waals surface area contributed by atoms with E-state index in [9.17, 15) is 0 Å². The molecule has 4 nitrogen and oxygen atoms in total. The maximum absolute atomic E-state index is 5.08. The molecule has 0 bridgehead atoms. The van der Waals surface area contributed by atoms with Crippen LogP contribution in [0.2, 0.25) is 0 Å². The zero-order chi connectivity index (χ0) is 21.9. The van der Waals surface area contributed by atoms with E-state index in [1.54, 1.807) is 0 Å². The Bertz CT molecular complexity index is 1460. The highest BCUT2D eigenvalue weighted by atomic mass is 15.4. The Morgan fingerprint density at radius 2 is 1.34 bits per heavy atom. The second-order valence-electron chi connectivity index (χ2n) is 8.83. The molecular formula is C28H25N4+. The van der Waals surface area contributed by atoms with Crippen molar-refractivity contribution in [2.75, 3.05) is 16.8 Å². The molecular weight excluding hydrogens is 392 g/mol. The van der Waals surface area contributed by atoms with Gasteiger partial charge in [-0.3, -0.25) is 0 Å². The summed E-state index contributed by atoms with van der Waals surface area (Å²) in [6, 6.07) is 34.0. The second kappa shape index (κ2) is 6.79. The largest absolute Gasteiger partial charge is 0.350 e. The van der Waals surface area contributed by atoms with Gasteiger partial charge in [0.05, 0.1) is 11.4 Å². The molecule has 0 radical (unpaired) electrons. The Hall–Kier alpha value is -3.92. The molecule has 0 saturated heterocycles. The van der Waals surface area contributed by atoms with Crippen LogP contribution in [0.4, 0.5) is 17.1 Å². The molecule has 32 heavy (non-hydrogen) atoms. The molecule has 0 fully saturated rings. The molecule has 6 rings (SSSR count). The van der Waals surface area contributed by atoms with Gasteiger partial charge in [-0.25, -0.2) is 4.98 Å². The predicted octanol–water partition coefficient (Wildman–Crippen LogP) is 5.99. The molecule has 1 aromatic heterocycles. The van der Waals surface area contributed by atoms with E-state index in [1.807, 2.05) is 0 Å². The lowest BCUT2D eigenvalue weighted by molar-refractivity contribution is -0.538. The summed E-state index contributed by atoms with van der Waals surface area (Å²) in [5, 5.41) is 0. The Morgan fingerprint density at radius 3 is 2.09 bits per heavy atom. The molecule has 0 saturated carbocycles. The number of hydrogen-bond acceptors (Lipinski definition) is 3. The van der Waals surface area contributed by atoms with Crippen molar-refractivity contribution in [3.8, 4) is 5.69 Å². The van der Waals surface area contributed by atoms with E-state index in [-0.39, 0.29) is 5.66 Å². The summed E-state index contributed by atoms with van der Waals surface area (Å²) < 4.78 is 2.32. The summed E-state index contributed by atoms with van der Waals surface area (Å²) in [5.74, 6) is 0. The van der Waals surface area contributed by atoms with Crippen molar-refractivity contribution in [1.82, 2.24) is 4.98 Å². The van der Waals surface area contributed by atoms with Gasteiger partial charge >= 0.3 is 0 Å². The lowest BCUT2D eigenvalue weighted by Crippen LogP contribution is -2.48. The number of nitrogens with zero attached hydrogens (tertiary/aromatic N) is 4. The van der Waals surface area contributed by atoms with Gasteiger partial charge in [0, 0.05) is 37.0 Å². The van der Waals surface area contributed by atoms with Crippen LogP contribution in [-0.2, 0) is 0 Å². The minimum absolute atomic E-state index is 0.210. The van der Waals surface area contributed by atoms with Gasteiger partial charge < -0.3 is 9.80 Å². The van der Waals surface area contributed by atoms with Gasteiger partial charge in [-0.1, -0.05) is 48.5 Å². The van der Waals surface area contributed by atoms with Gasteiger partial charge in [0.1, 0.15) is 16.7 Å². The first-order chi connectivity index (χ1) is 15.6. The molecule has 0 N–H and O–H groups in total. The van der Waals surface area contributed by atoms with Crippen molar-refractivity contribution in [3.05, 3.63) is 97.1 Å². The molecule has 1 aliphatic heterocycles. The number of fused-ring (bicyclic) bond motifs is 3. The highest BCUT2D eigenvalue weighted by molar-refractivity contribution is 5.95. The lowest BCUT2D eigenvalue weighted by Gasteiger charge is -2.38. The van der Waals surface area contributed by atoms with E-state index in [0.29, 0.717) is 0 Å². The van der Waals surface area contributed by atoms with Gasteiger partial charge in [0.15, 0.2) is 0 Å².